The first-order valence-corrected chi connectivity index (χ1v) is 34.3. The van der Waals surface area contributed by atoms with Gasteiger partial charge >= 0.3 is 60.9 Å². The van der Waals surface area contributed by atoms with Crippen molar-refractivity contribution in [1.82, 2.24) is 6.15 Å². The van der Waals surface area contributed by atoms with Crippen LogP contribution in [0.3, 0.4) is 0 Å². The number of carbonyl (C=O) groups is 1. The summed E-state index contributed by atoms with van der Waals surface area (Å²) in [5, 5.41) is 50.4. The zero-order valence-corrected chi connectivity index (χ0v) is 60.3. The third kappa shape index (κ3) is 49.6. The van der Waals surface area contributed by atoms with Crippen LogP contribution in [0.2, 0.25) is 0 Å². The van der Waals surface area contributed by atoms with Crippen molar-refractivity contribution in [1.29, 1.82) is 0 Å². The van der Waals surface area contributed by atoms with Crippen molar-refractivity contribution in [2.75, 3.05) is 44.5 Å². The van der Waals surface area contributed by atoms with Crippen molar-refractivity contribution in [3.05, 3.63) is 166 Å². The number of nitrogens with zero attached hydrogens (tertiary/aromatic N) is 5. The number of aliphatic hydroxyl groups is 1. The second-order valence-corrected chi connectivity index (χ2v) is 28.9. The summed E-state index contributed by atoms with van der Waals surface area (Å²) < 4.78 is 22.3. The molecule has 10 N–H and O–H groups in total. The van der Waals surface area contributed by atoms with E-state index in [-0.39, 0.29) is 80.1 Å². The van der Waals surface area contributed by atoms with Crippen molar-refractivity contribution in [3.63, 3.8) is 0 Å². The molecule has 0 spiro atoms. The number of aliphatic hydroxyl groups excluding tert-OH is 1. The fourth-order valence-corrected chi connectivity index (χ4v) is 5.48. The molecule has 0 saturated carbocycles. The number of primary amides is 1. The van der Waals surface area contributed by atoms with E-state index in [2.05, 4.69) is 46.4 Å². The molecular weight excluding hydrogens is 1380 g/mol. The van der Waals surface area contributed by atoms with Gasteiger partial charge in [-0.05, 0) is 77.3 Å². The molecule has 0 fully saturated rings. The molecule has 29 nitrogen and oxygen atoms in total. The van der Waals surface area contributed by atoms with Gasteiger partial charge in [-0.25, -0.2) is 4.85 Å². The van der Waals surface area contributed by atoms with Gasteiger partial charge in [0, 0.05) is 47.8 Å². The second kappa shape index (κ2) is 49.5. The fraction of sp³-hybridized carbons (Fsp3) is 0.435. The normalized spacial score (nSPS) is 9.86. The van der Waals surface area contributed by atoms with Gasteiger partial charge in [0.25, 0.3) is 28.7 Å². The van der Waals surface area contributed by atoms with Gasteiger partial charge in [0.15, 0.2) is 0 Å². The molecule has 0 aliphatic heterocycles. The van der Waals surface area contributed by atoms with E-state index in [9.17, 15) is 45.3 Å². The molecule has 0 aliphatic carbocycles. The molecule has 1 amide bonds. The standard InChI is InChI=1S/C12H18N2O2.C12H17NO3.C12H19NO.C11H15NO3.C7H3N3O4.C5H12O.3CO2.2ClH.H3N.Sn/c1-12(2,3)7-16-9-6-4-5-8(13)10(9)11(14)15;1-9-10(13(14)15)6-5-7-11(9)16-8-12(2,3)4;1-9-10(13)6-5-7-11(9)14-8-12(2,3)4;1-11(2,3)8-15-10-6-4-5-9(7-10)12(13)14;1-8-7-5(9(11)12)3-2-4-6(7)10(13)14;1-5(2,3)4-6;3*2-1-3;;;;/h4-6H,7,13H2,1-3H3,(H2,14,15);5-7H,8H2,1-4H3;5-7H,8,13H2,1-4H3;4-7H,8H2,1-3H3;2-4H;6H,4H2,1-3H3;;;;2*1H;1H3;/q;;;;;;;;;;;;+2/p-2. The summed E-state index contributed by atoms with van der Waals surface area (Å²) in [7, 11) is 9.87. The van der Waals surface area contributed by atoms with Crippen LogP contribution >= 0.6 is 17.8 Å². The minimum absolute atomic E-state index is 0. The number of hydrogen-bond donors (Lipinski definition) is 5. The van der Waals surface area contributed by atoms with E-state index in [4.69, 9.17) is 94.4 Å². The van der Waals surface area contributed by atoms with E-state index < -0.39 is 56.6 Å². The van der Waals surface area contributed by atoms with Gasteiger partial charge in [-0.15, -0.1) is 0 Å². The SMILES string of the molecule is CC(C)(C)CO.CC(C)(C)COc1cccc(N)c1C(N)=O.CC(C)(C)COc1cccc([N+](=O)[O-])c1.Cc1c(N)cccc1OCC(C)(C)C.Cc1c(OCC(C)(C)C)cccc1[N+](=O)[O-].N.O=C=O.O=C=O.O=C=O.[C-]#[N+]c1c([N+](=O)[O-])cccc1[N+](=O)[O-].[Cl][Sn][Cl]. The third-order valence-corrected chi connectivity index (χ3v) is 9.74. The van der Waals surface area contributed by atoms with Crippen molar-refractivity contribution < 1.29 is 77.3 Å². The van der Waals surface area contributed by atoms with Crippen molar-refractivity contribution in [2.24, 2.45) is 32.8 Å². The first-order chi connectivity index (χ1) is 42.7. The van der Waals surface area contributed by atoms with Crippen LogP contribution in [-0.2, 0) is 28.8 Å². The summed E-state index contributed by atoms with van der Waals surface area (Å²) >= 11 is -0.826. The number of rotatable bonds is 13. The Morgan fingerprint density at radius 2 is 0.819 bits per heavy atom. The van der Waals surface area contributed by atoms with Crippen LogP contribution in [0.5, 0.6) is 23.0 Å². The monoisotopic (exact) mass is 1470 g/mol. The topological polar surface area (TPSA) is 467 Å². The average molecular weight is 1470 g/mol. The van der Waals surface area contributed by atoms with Gasteiger partial charge in [0.1, 0.15) is 28.6 Å². The summed E-state index contributed by atoms with van der Waals surface area (Å²) in [6.07, 6.45) is 0.750. The zero-order valence-electron chi connectivity index (χ0n) is 55.9. The summed E-state index contributed by atoms with van der Waals surface area (Å²) in [6, 6.07) is 25.2. The number of ether oxygens (including phenoxy) is 4. The molecule has 0 aliphatic rings. The summed E-state index contributed by atoms with van der Waals surface area (Å²) in [4.78, 5) is 102. The number of amides is 1. The quantitative estimate of drug-likeness (QED) is 0.0240. The predicted molar refractivity (Wildman–Crippen MR) is 356 cm³/mol. The molecule has 2 radical (unpaired) electrons. The van der Waals surface area contributed by atoms with Gasteiger partial charge in [0.05, 0.1) is 64.3 Å². The van der Waals surface area contributed by atoms with Crippen molar-refractivity contribution in [3.8, 4) is 23.0 Å². The number of non-ortho nitro benzene ring substituents is 1. The number of benzene rings is 5. The minimum atomic E-state index is -0.826. The molecule has 32 heteroatoms. The Kier molecular flexibility index (Phi) is 50.6. The van der Waals surface area contributed by atoms with Gasteiger partial charge in [0.2, 0.25) is 0 Å². The molecule has 5 rings (SSSR count). The number of halogens is 2. The van der Waals surface area contributed by atoms with Crippen LogP contribution in [0.1, 0.15) is 125 Å². The Morgan fingerprint density at radius 3 is 1.15 bits per heavy atom. The number of nitro groups is 4. The van der Waals surface area contributed by atoms with E-state index in [0.29, 0.717) is 54.9 Å². The van der Waals surface area contributed by atoms with Crippen LogP contribution < -0.4 is 42.3 Å². The molecule has 5 aromatic rings. The molecule has 5 aromatic carbocycles. The van der Waals surface area contributed by atoms with Gasteiger partial charge in [-0.3, -0.25) is 45.3 Å². The zero-order chi connectivity index (χ0) is 73.7. The second-order valence-electron chi connectivity index (χ2n) is 24.7. The Labute approximate surface area is 565 Å². The molecule has 0 saturated heterocycles. The van der Waals surface area contributed by atoms with Crippen LogP contribution in [0.15, 0.2) is 97.1 Å². The van der Waals surface area contributed by atoms with E-state index in [1.165, 1.54) is 24.3 Å². The molecule has 0 aromatic heterocycles. The Hall–Kier alpha value is -9.10. The van der Waals surface area contributed by atoms with Crippen LogP contribution in [0, 0.1) is 88.0 Å². The van der Waals surface area contributed by atoms with E-state index in [1.54, 1.807) is 49.4 Å². The van der Waals surface area contributed by atoms with Crippen LogP contribution in [0.25, 0.3) is 4.85 Å². The van der Waals surface area contributed by atoms with Crippen molar-refractivity contribution in [2.45, 2.75) is 118 Å². The Morgan fingerprint density at radius 1 is 0.521 bits per heavy atom. The third-order valence-electron chi connectivity index (χ3n) is 9.74. The number of nitrogens with two attached hydrogens (primary N) is 3. The first-order valence-electron chi connectivity index (χ1n) is 27.1. The van der Waals surface area contributed by atoms with Gasteiger partial charge < -0.3 is 47.4 Å². The first kappa shape index (κ1) is 96.0. The number of nitro benzene ring substituents is 4. The number of carbonyl (C=O) groups excluding carboxylic acids is 7. The molecule has 0 unspecified atom stereocenters. The Bertz CT molecular complexity index is 3200. The predicted octanol–water partition coefficient (Wildman–Crippen LogP) is 13.6. The van der Waals surface area contributed by atoms with Gasteiger partial charge in [-0.2, -0.15) is 28.8 Å². The fourth-order valence-electron chi connectivity index (χ4n) is 5.48. The number of hydrogen-bond acceptors (Lipinski definition) is 23. The van der Waals surface area contributed by atoms with Gasteiger partial charge in [-0.1, -0.05) is 134 Å². The van der Waals surface area contributed by atoms with E-state index >= 15 is 0 Å². The number of nitrogen functional groups attached to an aromatic ring is 2. The molecule has 0 bridgehead atoms. The summed E-state index contributed by atoms with van der Waals surface area (Å²) in [6.45, 7) is 43.7. The molecule has 518 valence electrons. The molecule has 0 heterocycles. The number of para-hydroxylation sites is 1. The maximum absolute atomic E-state index is 11.2. The molecular formula is C62H87Cl2N9O20Sn. The number of anilines is 2. The Balaban J connectivity index is -0.000000241. The summed E-state index contributed by atoms with van der Waals surface area (Å²) in [5.41, 5.74) is 18.6. The van der Waals surface area contributed by atoms with E-state index in [1.807, 2.05) is 87.4 Å². The molecule has 94 heavy (non-hydrogen) atoms. The van der Waals surface area contributed by atoms with Crippen LogP contribution in [-0.4, -0.2) is 101 Å². The van der Waals surface area contributed by atoms with Crippen LogP contribution in [0.4, 0.5) is 39.8 Å². The maximum atomic E-state index is 11.2. The van der Waals surface area contributed by atoms with Crippen molar-refractivity contribution >= 4 is 101 Å². The average Bonchev–Trinajstić information content (AvgIpc) is 0.864. The summed E-state index contributed by atoms with van der Waals surface area (Å²) in [5.74, 6) is 1.90. The van der Waals surface area contributed by atoms with E-state index in [0.717, 1.165) is 29.1 Å². The molecule has 0 atom stereocenters.